The Morgan fingerprint density at radius 3 is 1.23 bits per heavy atom. The van der Waals surface area contributed by atoms with Crippen molar-refractivity contribution in [1.82, 2.24) is 0 Å². The van der Waals surface area contributed by atoms with Gasteiger partial charge in [0.2, 0.25) is 0 Å². The van der Waals surface area contributed by atoms with Crippen molar-refractivity contribution in [3.05, 3.63) is 22.2 Å². The Kier molecular flexibility index (Phi) is 2.20. The molecule has 0 aliphatic heterocycles. The van der Waals surface area contributed by atoms with Gasteiger partial charge >= 0.3 is 0 Å². The molecule has 0 spiro atoms. The molecule has 0 aromatic rings. The van der Waals surface area contributed by atoms with Gasteiger partial charge in [0.25, 0.3) is 0 Å². The fourth-order valence-electron chi connectivity index (χ4n) is 1.45. The van der Waals surface area contributed by atoms with E-state index in [2.05, 4.69) is 0 Å². The summed E-state index contributed by atoms with van der Waals surface area (Å²) in [4.78, 5) is -2.40. The van der Waals surface area contributed by atoms with Crippen LogP contribution in [0.15, 0.2) is 22.2 Å². The van der Waals surface area contributed by atoms with Crippen molar-refractivity contribution < 1.29 is 0 Å². The summed E-state index contributed by atoms with van der Waals surface area (Å²) in [6.07, 6.45) is 3.13. The zero-order valence-corrected chi connectivity index (χ0v) is 10.5. The van der Waals surface area contributed by atoms with E-state index in [-0.39, 0.29) is 10.1 Å². The fourth-order valence-corrected chi connectivity index (χ4v) is 3.73. The minimum atomic E-state index is -1.43. The molecule has 2 bridgehead atoms. The maximum absolute atomic E-state index is 6.11. The molecular formula is C7H2Cl6. The lowest BCUT2D eigenvalue weighted by atomic mass is 10.1. The van der Waals surface area contributed by atoms with Gasteiger partial charge in [0.1, 0.15) is 9.75 Å². The molecule has 2 atom stereocenters. The van der Waals surface area contributed by atoms with Crippen LogP contribution in [0.4, 0.5) is 0 Å². The van der Waals surface area contributed by atoms with Crippen molar-refractivity contribution in [3.63, 3.8) is 0 Å². The van der Waals surface area contributed by atoms with Crippen LogP contribution in [-0.4, -0.2) is 14.1 Å². The highest BCUT2D eigenvalue weighted by Crippen LogP contribution is 2.69. The van der Waals surface area contributed by atoms with E-state index in [1.807, 2.05) is 0 Å². The summed E-state index contributed by atoms with van der Waals surface area (Å²) in [7, 11) is 0. The highest BCUT2D eigenvalue weighted by Gasteiger charge is 2.71. The van der Waals surface area contributed by atoms with E-state index >= 15 is 0 Å². The molecule has 0 aromatic carbocycles. The van der Waals surface area contributed by atoms with E-state index in [0.717, 1.165) is 0 Å². The number of rotatable bonds is 0. The molecule has 0 N–H and O–H groups in total. The molecule has 2 aliphatic rings. The van der Waals surface area contributed by atoms with E-state index in [1.54, 1.807) is 12.2 Å². The van der Waals surface area contributed by atoms with Crippen molar-refractivity contribution in [2.45, 2.75) is 14.1 Å². The molecule has 0 radical (unpaired) electrons. The molecule has 0 heterocycles. The van der Waals surface area contributed by atoms with Gasteiger partial charge in [-0.1, -0.05) is 58.6 Å². The third-order valence-corrected chi connectivity index (χ3v) is 6.33. The number of alkyl halides is 4. The predicted octanol–water partition coefficient (Wildman–Crippen LogP) is 4.39. The van der Waals surface area contributed by atoms with Crippen LogP contribution in [0.2, 0.25) is 0 Å². The van der Waals surface area contributed by atoms with E-state index in [1.165, 1.54) is 0 Å². The van der Waals surface area contributed by atoms with Gasteiger partial charge in [0.05, 0.1) is 10.1 Å². The van der Waals surface area contributed by atoms with Gasteiger partial charge in [-0.25, -0.2) is 0 Å². The Bertz CT molecular complexity index is 313. The van der Waals surface area contributed by atoms with Gasteiger partial charge in [-0.15, -0.1) is 23.2 Å². The molecule has 0 amide bonds. The molecule has 2 rings (SSSR count). The lowest BCUT2D eigenvalue weighted by Gasteiger charge is -2.31. The topological polar surface area (TPSA) is 0 Å². The monoisotopic (exact) mass is 296 g/mol. The van der Waals surface area contributed by atoms with Crippen LogP contribution in [0.1, 0.15) is 0 Å². The summed E-state index contributed by atoms with van der Waals surface area (Å²) in [5.74, 6) is 0. The van der Waals surface area contributed by atoms with E-state index < -0.39 is 14.1 Å². The molecule has 0 aromatic heterocycles. The molecule has 0 nitrogen and oxygen atoms in total. The van der Waals surface area contributed by atoms with Crippen LogP contribution < -0.4 is 0 Å². The number of fused-ring (bicyclic) bond motifs is 2. The number of hydrogen-bond donors (Lipinski definition) is 0. The lowest BCUT2D eigenvalue weighted by molar-refractivity contribution is 0.718. The highest BCUT2D eigenvalue weighted by molar-refractivity contribution is 6.66. The number of halogens is 6. The first-order valence-electron chi connectivity index (χ1n) is 3.29. The van der Waals surface area contributed by atoms with E-state index in [9.17, 15) is 0 Å². The lowest BCUT2D eigenvalue weighted by Crippen LogP contribution is -2.43. The summed E-state index contributed by atoms with van der Waals surface area (Å²) in [5.41, 5.74) is 0. The molecule has 2 aliphatic carbocycles. The first kappa shape index (κ1) is 10.7. The third kappa shape index (κ3) is 0.934. The molecule has 6 heteroatoms. The van der Waals surface area contributed by atoms with Crippen molar-refractivity contribution in [2.75, 3.05) is 0 Å². The molecule has 0 fully saturated rings. The Morgan fingerprint density at radius 1 is 0.769 bits per heavy atom. The Balaban J connectivity index is 2.71. The SMILES string of the molecule is ClC1=C(Cl)[C@]2(Cl)C=C[C@]1(Cl)C2(Cl)Cl. The van der Waals surface area contributed by atoms with Crippen LogP contribution in [0.3, 0.4) is 0 Å². The zero-order chi connectivity index (χ0) is 10.1. The van der Waals surface area contributed by atoms with Gasteiger partial charge < -0.3 is 0 Å². The molecule has 0 unspecified atom stereocenters. The maximum Gasteiger partial charge on any atom is 0.173 e. The van der Waals surface area contributed by atoms with Gasteiger partial charge in [-0.3, -0.25) is 0 Å². The van der Waals surface area contributed by atoms with Crippen molar-refractivity contribution in [3.8, 4) is 0 Å². The highest BCUT2D eigenvalue weighted by atomic mass is 35.5. The first-order valence-corrected chi connectivity index (χ1v) is 5.56. The van der Waals surface area contributed by atoms with Crippen LogP contribution in [0, 0.1) is 0 Å². The minimum absolute atomic E-state index is 0.193. The average molecular weight is 299 g/mol. The summed E-state index contributed by atoms with van der Waals surface area (Å²) in [6.45, 7) is 0. The zero-order valence-electron chi connectivity index (χ0n) is 5.92. The van der Waals surface area contributed by atoms with Crippen molar-refractivity contribution >= 4 is 69.6 Å². The van der Waals surface area contributed by atoms with Crippen LogP contribution in [0.25, 0.3) is 0 Å². The minimum Gasteiger partial charge on any atom is -0.105 e. The Labute approximate surface area is 105 Å². The second kappa shape index (κ2) is 2.66. The number of allylic oxidation sites excluding steroid dienone is 4. The normalized spacial score (nSPS) is 46.3. The second-order valence-electron chi connectivity index (χ2n) is 2.96. The average Bonchev–Trinajstić information content (AvgIpc) is 2.28. The van der Waals surface area contributed by atoms with Crippen LogP contribution >= 0.6 is 69.6 Å². The molecular weight excluding hydrogens is 297 g/mol. The van der Waals surface area contributed by atoms with Crippen LogP contribution in [0.5, 0.6) is 0 Å². The second-order valence-corrected chi connectivity index (χ2v) is 6.23. The smallest absolute Gasteiger partial charge is 0.105 e. The Morgan fingerprint density at radius 2 is 1.08 bits per heavy atom. The number of hydrogen-bond acceptors (Lipinski definition) is 0. The van der Waals surface area contributed by atoms with E-state index in [4.69, 9.17) is 69.6 Å². The quantitative estimate of drug-likeness (QED) is 0.460. The first-order chi connectivity index (χ1) is 5.77. The van der Waals surface area contributed by atoms with Crippen LogP contribution in [-0.2, 0) is 0 Å². The fraction of sp³-hybridized carbons (Fsp3) is 0.429. The molecule has 72 valence electrons. The predicted molar refractivity (Wildman–Crippen MR) is 59.5 cm³/mol. The summed E-state index contributed by atoms with van der Waals surface area (Å²) in [6, 6.07) is 0. The molecule has 0 saturated carbocycles. The maximum atomic E-state index is 6.11. The summed E-state index contributed by atoms with van der Waals surface area (Å²) < 4.78 is -1.43. The molecule has 13 heavy (non-hydrogen) atoms. The molecule has 0 saturated heterocycles. The summed E-state index contributed by atoms with van der Waals surface area (Å²) in [5, 5.41) is 0.386. The van der Waals surface area contributed by atoms with Gasteiger partial charge in [-0.2, -0.15) is 0 Å². The van der Waals surface area contributed by atoms with Gasteiger partial charge in [0.15, 0.2) is 4.33 Å². The Hall–Kier alpha value is 1.22. The van der Waals surface area contributed by atoms with E-state index in [0.29, 0.717) is 0 Å². The largest absolute Gasteiger partial charge is 0.173 e. The summed E-state index contributed by atoms with van der Waals surface area (Å²) >= 11 is 36.1. The van der Waals surface area contributed by atoms with Crippen molar-refractivity contribution in [2.24, 2.45) is 0 Å². The van der Waals surface area contributed by atoms with Crippen molar-refractivity contribution in [1.29, 1.82) is 0 Å². The van der Waals surface area contributed by atoms with Gasteiger partial charge in [0, 0.05) is 0 Å². The standard InChI is InChI=1S/C7H2Cl6/c8-3-4(9)6(11)2-1-5(3,10)7(6,12)13/h1-2H/t5-,6-/m1/s1. The van der Waals surface area contributed by atoms with Gasteiger partial charge in [-0.05, 0) is 0 Å². The third-order valence-electron chi connectivity index (χ3n) is 2.29.